The minimum absolute atomic E-state index is 0.0323. The summed E-state index contributed by atoms with van der Waals surface area (Å²) in [6, 6.07) is 5.80. The SMILES string of the molecule is CCOC(=O)c1c(-c2cc(C)ccc2OC)csc1NC(=O)C1CC1. The molecule has 2 aromatic rings. The van der Waals surface area contributed by atoms with Crippen LogP contribution in [-0.2, 0) is 9.53 Å². The lowest BCUT2D eigenvalue weighted by molar-refractivity contribution is -0.117. The van der Waals surface area contributed by atoms with Gasteiger partial charge < -0.3 is 14.8 Å². The first kappa shape index (κ1) is 17.5. The van der Waals surface area contributed by atoms with Gasteiger partial charge in [-0.1, -0.05) is 11.6 Å². The van der Waals surface area contributed by atoms with Crippen LogP contribution in [-0.4, -0.2) is 25.6 Å². The van der Waals surface area contributed by atoms with E-state index >= 15 is 0 Å². The Balaban J connectivity index is 2.06. The van der Waals surface area contributed by atoms with Crippen LogP contribution in [0.3, 0.4) is 0 Å². The highest BCUT2D eigenvalue weighted by Gasteiger charge is 2.32. The topological polar surface area (TPSA) is 64.6 Å². The minimum atomic E-state index is -0.437. The van der Waals surface area contributed by atoms with Gasteiger partial charge in [-0.25, -0.2) is 4.79 Å². The molecule has 132 valence electrons. The van der Waals surface area contributed by atoms with Crippen LogP contribution >= 0.6 is 11.3 Å². The van der Waals surface area contributed by atoms with Gasteiger partial charge in [0, 0.05) is 22.4 Å². The van der Waals surface area contributed by atoms with Crippen LogP contribution in [0.25, 0.3) is 11.1 Å². The van der Waals surface area contributed by atoms with Gasteiger partial charge in [-0.15, -0.1) is 11.3 Å². The number of hydrogen-bond donors (Lipinski definition) is 1. The molecule has 5 nitrogen and oxygen atoms in total. The molecule has 1 saturated carbocycles. The van der Waals surface area contributed by atoms with Crippen molar-refractivity contribution in [2.24, 2.45) is 5.92 Å². The van der Waals surface area contributed by atoms with Crippen molar-refractivity contribution >= 4 is 28.2 Å². The minimum Gasteiger partial charge on any atom is -0.496 e. The summed E-state index contributed by atoms with van der Waals surface area (Å²) in [7, 11) is 1.60. The Kier molecular flexibility index (Phi) is 5.08. The Morgan fingerprint density at radius 2 is 2.04 bits per heavy atom. The lowest BCUT2D eigenvalue weighted by Gasteiger charge is -2.12. The molecule has 0 aliphatic heterocycles. The van der Waals surface area contributed by atoms with Gasteiger partial charge in [-0.2, -0.15) is 0 Å². The van der Waals surface area contributed by atoms with Crippen LogP contribution in [0.5, 0.6) is 5.75 Å². The van der Waals surface area contributed by atoms with Gasteiger partial charge in [-0.3, -0.25) is 4.79 Å². The summed E-state index contributed by atoms with van der Waals surface area (Å²) in [6.45, 7) is 4.02. The van der Waals surface area contributed by atoms with E-state index < -0.39 is 5.97 Å². The van der Waals surface area contributed by atoms with E-state index in [0.29, 0.717) is 16.3 Å². The monoisotopic (exact) mass is 359 g/mol. The Morgan fingerprint density at radius 3 is 2.68 bits per heavy atom. The van der Waals surface area contributed by atoms with Gasteiger partial charge in [0.05, 0.1) is 13.7 Å². The van der Waals surface area contributed by atoms with Gasteiger partial charge in [0.15, 0.2) is 0 Å². The second kappa shape index (κ2) is 7.27. The second-order valence-electron chi connectivity index (χ2n) is 6.04. The molecule has 1 aromatic heterocycles. The number of aryl methyl sites for hydroxylation is 1. The molecule has 3 rings (SSSR count). The molecule has 1 amide bonds. The molecule has 1 heterocycles. The van der Waals surface area contributed by atoms with E-state index in [1.165, 1.54) is 11.3 Å². The number of thiophene rings is 1. The molecule has 0 radical (unpaired) electrons. The number of carbonyl (C=O) groups is 2. The van der Waals surface area contributed by atoms with Crippen LogP contribution in [0, 0.1) is 12.8 Å². The maximum atomic E-state index is 12.6. The molecule has 1 aromatic carbocycles. The van der Waals surface area contributed by atoms with E-state index in [0.717, 1.165) is 29.5 Å². The van der Waals surface area contributed by atoms with Crippen molar-refractivity contribution in [2.45, 2.75) is 26.7 Å². The van der Waals surface area contributed by atoms with Gasteiger partial charge in [0.25, 0.3) is 0 Å². The average Bonchev–Trinajstić information content (AvgIpc) is 3.36. The first-order valence-corrected chi connectivity index (χ1v) is 9.17. The Hall–Kier alpha value is -2.34. The van der Waals surface area contributed by atoms with Crippen molar-refractivity contribution in [3.63, 3.8) is 0 Å². The van der Waals surface area contributed by atoms with Gasteiger partial charge in [0.1, 0.15) is 16.3 Å². The number of esters is 1. The molecule has 0 spiro atoms. The zero-order chi connectivity index (χ0) is 18.0. The Bertz CT molecular complexity index is 808. The quantitative estimate of drug-likeness (QED) is 0.783. The number of hydrogen-bond acceptors (Lipinski definition) is 5. The third-order valence-corrected chi connectivity index (χ3v) is 5.00. The predicted octanol–water partition coefficient (Wildman–Crippen LogP) is 4.26. The summed E-state index contributed by atoms with van der Waals surface area (Å²) in [5.41, 5.74) is 2.98. The summed E-state index contributed by atoms with van der Waals surface area (Å²) >= 11 is 1.34. The number of methoxy groups -OCH3 is 1. The first-order valence-electron chi connectivity index (χ1n) is 8.29. The summed E-state index contributed by atoms with van der Waals surface area (Å²) in [6.07, 6.45) is 1.81. The summed E-state index contributed by atoms with van der Waals surface area (Å²) in [4.78, 5) is 24.7. The van der Waals surface area contributed by atoms with Crippen LogP contribution in [0.2, 0.25) is 0 Å². The fourth-order valence-electron chi connectivity index (χ4n) is 2.65. The molecule has 0 atom stereocenters. The van der Waals surface area contributed by atoms with E-state index in [4.69, 9.17) is 9.47 Å². The summed E-state index contributed by atoms with van der Waals surface area (Å²) < 4.78 is 10.7. The Morgan fingerprint density at radius 1 is 1.28 bits per heavy atom. The molecular formula is C19H21NO4S. The molecule has 1 aliphatic carbocycles. The molecule has 1 aliphatic rings. The number of ether oxygens (including phenoxy) is 2. The van der Waals surface area contributed by atoms with Crippen molar-refractivity contribution < 1.29 is 19.1 Å². The maximum absolute atomic E-state index is 12.6. The van der Waals surface area contributed by atoms with Crippen molar-refractivity contribution in [3.8, 4) is 16.9 Å². The highest BCUT2D eigenvalue weighted by molar-refractivity contribution is 7.15. The second-order valence-corrected chi connectivity index (χ2v) is 6.92. The third kappa shape index (κ3) is 3.69. The fourth-order valence-corrected chi connectivity index (χ4v) is 3.60. The normalized spacial score (nSPS) is 13.4. The van der Waals surface area contributed by atoms with Crippen LogP contribution in [0.15, 0.2) is 23.6 Å². The smallest absolute Gasteiger partial charge is 0.341 e. The third-order valence-electron chi connectivity index (χ3n) is 4.10. The van der Waals surface area contributed by atoms with E-state index in [2.05, 4.69) is 5.32 Å². The molecule has 0 saturated heterocycles. The standard InChI is InChI=1S/C19H21NO4S/c1-4-24-19(22)16-14(13-9-11(2)5-8-15(13)23-3)10-25-18(16)20-17(21)12-6-7-12/h5,8-10,12H,4,6-7H2,1-3H3,(H,20,21). The van der Waals surface area contributed by atoms with E-state index in [-0.39, 0.29) is 18.4 Å². The lowest BCUT2D eigenvalue weighted by atomic mass is 10.0. The number of amides is 1. The van der Waals surface area contributed by atoms with Crippen LogP contribution in [0.4, 0.5) is 5.00 Å². The highest BCUT2D eigenvalue weighted by Crippen LogP contribution is 2.41. The van der Waals surface area contributed by atoms with Gasteiger partial charge >= 0.3 is 5.97 Å². The van der Waals surface area contributed by atoms with Crippen LogP contribution in [0.1, 0.15) is 35.7 Å². The van der Waals surface area contributed by atoms with Crippen molar-refractivity contribution in [3.05, 3.63) is 34.7 Å². The van der Waals surface area contributed by atoms with Crippen LogP contribution < -0.4 is 10.1 Å². The molecule has 25 heavy (non-hydrogen) atoms. The maximum Gasteiger partial charge on any atom is 0.341 e. The zero-order valence-corrected chi connectivity index (χ0v) is 15.4. The molecule has 1 fully saturated rings. The number of rotatable bonds is 6. The number of benzene rings is 1. The van der Waals surface area contributed by atoms with Crippen molar-refractivity contribution in [2.75, 3.05) is 19.0 Å². The average molecular weight is 359 g/mol. The molecule has 0 unspecified atom stereocenters. The van der Waals surface area contributed by atoms with Crippen molar-refractivity contribution in [1.29, 1.82) is 0 Å². The molecule has 6 heteroatoms. The summed E-state index contributed by atoms with van der Waals surface area (Å²) in [5, 5.41) is 5.30. The number of anilines is 1. The van der Waals surface area contributed by atoms with E-state index in [9.17, 15) is 9.59 Å². The van der Waals surface area contributed by atoms with Crippen molar-refractivity contribution in [1.82, 2.24) is 0 Å². The van der Waals surface area contributed by atoms with E-state index in [1.54, 1.807) is 14.0 Å². The highest BCUT2D eigenvalue weighted by atomic mass is 32.1. The van der Waals surface area contributed by atoms with E-state index in [1.807, 2.05) is 30.5 Å². The lowest BCUT2D eigenvalue weighted by Crippen LogP contribution is -2.15. The summed E-state index contributed by atoms with van der Waals surface area (Å²) in [5.74, 6) is 0.270. The first-order chi connectivity index (χ1) is 12.0. The van der Waals surface area contributed by atoms with Gasteiger partial charge in [0.2, 0.25) is 5.91 Å². The molecule has 0 bridgehead atoms. The predicted molar refractivity (Wildman–Crippen MR) is 98.4 cm³/mol. The van der Waals surface area contributed by atoms with Gasteiger partial charge in [-0.05, 0) is 38.8 Å². The Labute approximate surface area is 151 Å². The number of carbonyl (C=O) groups excluding carboxylic acids is 2. The fraction of sp³-hybridized carbons (Fsp3) is 0.368. The zero-order valence-electron chi connectivity index (χ0n) is 14.5. The largest absolute Gasteiger partial charge is 0.496 e. The molecule has 1 N–H and O–H groups in total. The number of nitrogens with one attached hydrogen (secondary N) is 1. The molecular weight excluding hydrogens is 338 g/mol.